The number of halogens is 2. The topological polar surface area (TPSA) is 3.24 Å². The summed E-state index contributed by atoms with van der Waals surface area (Å²) in [4.78, 5) is 1.73. The smallest absolute Gasteiger partial charge is 0.251 e. The Labute approximate surface area is 72.7 Å². The monoisotopic (exact) mass is 176 g/mol. The molecule has 0 aromatic carbocycles. The molecule has 0 spiro atoms. The normalized spacial score (nSPS) is 20.8. The van der Waals surface area contributed by atoms with Crippen LogP contribution in [0.15, 0.2) is 0 Å². The molecule has 1 fully saturated rings. The van der Waals surface area contributed by atoms with Gasteiger partial charge in [-0.15, -0.1) is 0 Å². The van der Waals surface area contributed by atoms with Crippen molar-refractivity contribution in [2.24, 2.45) is 0 Å². The molecule has 12 heavy (non-hydrogen) atoms. The van der Waals surface area contributed by atoms with Gasteiger partial charge in [0.25, 0.3) is 6.43 Å². The van der Waals surface area contributed by atoms with E-state index in [2.05, 4.69) is 0 Å². The van der Waals surface area contributed by atoms with Crippen LogP contribution in [-0.4, -0.2) is 24.9 Å². The molecule has 1 saturated carbocycles. The first-order chi connectivity index (χ1) is 5.70. The second kappa shape index (κ2) is 4.75. The Balaban J connectivity index is 2.24. The maximum Gasteiger partial charge on any atom is 0.251 e. The fraction of sp³-hybridized carbons (Fsp3) is 0.889. The average molecular weight is 176 g/mol. The molecule has 71 valence electrons. The Hall–Kier alpha value is -0.180. The molecule has 0 aromatic rings. The van der Waals surface area contributed by atoms with Crippen molar-refractivity contribution in [3.63, 3.8) is 0 Å². The number of hydrogen-bond donors (Lipinski definition) is 0. The first kappa shape index (κ1) is 9.90. The summed E-state index contributed by atoms with van der Waals surface area (Å²) in [6.07, 6.45) is 3.43. The van der Waals surface area contributed by atoms with Crippen molar-refractivity contribution in [1.82, 2.24) is 4.90 Å². The van der Waals surface area contributed by atoms with Crippen molar-refractivity contribution < 1.29 is 8.78 Å². The van der Waals surface area contributed by atoms with Gasteiger partial charge in [0, 0.05) is 6.04 Å². The molecule has 0 saturated heterocycles. The molecule has 0 amide bonds. The molecule has 3 heteroatoms. The lowest BCUT2D eigenvalue weighted by Gasteiger charge is -2.29. The highest BCUT2D eigenvalue weighted by Gasteiger charge is 2.20. The van der Waals surface area contributed by atoms with E-state index in [-0.39, 0.29) is 6.54 Å². The van der Waals surface area contributed by atoms with Crippen LogP contribution in [0.2, 0.25) is 0 Å². The van der Waals surface area contributed by atoms with Gasteiger partial charge in [-0.25, -0.2) is 8.78 Å². The largest absolute Gasteiger partial charge is 0.293 e. The number of nitrogens with zero attached hydrogens (tertiary/aromatic N) is 1. The van der Waals surface area contributed by atoms with Gasteiger partial charge in [-0.2, -0.15) is 0 Å². The molecular formula is C9H16F2N. The van der Waals surface area contributed by atoms with Gasteiger partial charge in [-0.3, -0.25) is 4.90 Å². The van der Waals surface area contributed by atoms with Crippen LogP contribution in [0.5, 0.6) is 0 Å². The summed E-state index contributed by atoms with van der Waals surface area (Å²) in [5.41, 5.74) is 0. The standard InChI is InChI=1S/C9H16F2N/c1-12(7-9(10)11)8-5-3-2-4-6-8/h9H,2-7H2,1H3. The molecule has 0 aliphatic heterocycles. The van der Waals surface area contributed by atoms with Crippen LogP contribution in [-0.2, 0) is 0 Å². The van der Waals surface area contributed by atoms with E-state index >= 15 is 0 Å². The molecule has 0 atom stereocenters. The summed E-state index contributed by atoms with van der Waals surface area (Å²) < 4.78 is 24.0. The minimum atomic E-state index is -2.20. The van der Waals surface area contributed by atoms with Crippen LogP contribution in [0.4, 0.5) is 8.78 Å². The van der Waals surface area contributed by atoms with Crippen LogP contribution < -0.4 is 0 Å². The molecule has 0 heterocycles. The fourth-order valence-electron chi connectivity index (χ4n) is 1.68. The zero-order chi connectivity index (χ0) is 8.97. The molecule has 1 radical (unpaired) electrons. The highest BCUT2D eigenvalue weighted by molar-refractivity contribution is 4.90. The van der Waals surface area contributed by atoms with Gasteiger partial charge in [0.15, 0.2) is 0 Å². The van der Waals surface area contributed by atoms with Crippen LogP contribution in [0, 0.1) is 6.04 Å². The highest BCUT2D eigenvalue weighted by atomic mass is 19.3. The van der Waals surface area contributed by atoms with Crippen molar-refractivity contribution in [1.29, 1.82) is 0 Å². The minimum absolute atomic E-state index is 0.102. The maximum atomic E-state index is 12.0. The fourth-order valence-corrected chi connectivity index (χ4v) is 1.68. The van der Waals surface area contributed by atoms with Gasteiger partial charge in [0.1, 0.15) is 0 Å². The lowest BCUT2D eigenvalue weighted by atomic mass is 9.94. The predicted molar refractivity (Wildman–Crippen MR) is 45.0 cm³/mol. The maximum absolute atomic E-state index is 12.0. The Kier molecular flexibility index (Phi) is 3.92. The van der Waals surface area contributed by atoms with Crippen molar-refractivity contribution in [3.8, 4) is 0 Å². The van der Waals surface area contributed by atoms with Crippen LogP contribution in [0.3, 0.4) is 0 Å². The van der Waals surface area contributed by atoms with E-state index in [9.17, 15) is 8.78 Å². The van der Waals surface area contributed by atoms with E-state index in [0.717, 1.165) is 12.8 Å². The molecule has 1 aliphatic carbocycles. The van der Waals surface area contributed by atoms with Crippen LogP contribution >= 0.6 is 0 Å². The van der Waals surface area contributed by atoms with E-state index in [1.54, 1.807) is 11.9 Å². The van der Waals surface area contributed by atoms with Crippen LogP contribution in [0.1, 0.15) is 32.1 Å². The van der Waals surface area contributed by atoms with E-state index in [1.807, 2.05) is 0 Å². The third kappa shape index (κ3) is 3.05. The zero-order valence-electron chi connectivity index (χ0n) is 7.52. The molecular weight excluding hydrogens is 160 g/mol. The van der Waals surface area contributed by atoms with E-state index < -0.39 is 6.43 Å². The summed E-state index contributed by atoms with van der Waals surface area (Å²) >= 11 is 0. The molecule has 1 aliphatic rings. The first-order valence-corrected chi connectivity index (χ1v) is 4.54. The second-order valence-electron chi connectivity index (χ2n) is 3.40. The van der Waals surface area contributed by atoms with Crippen molar-refractivity contribution in [2.75, 3.05) is 13.6 Å². The van der Waals surface area contributed by atoms with Gasteiger partial charge < -0.3 is 0 Å². The van der Waals surface area contributed by atoms with Crippen molar-refractivity contribution in [3.05, 3.63) is 6.04 Å². The SMILES string of the molecule is CN(CC(F)F)[C]1CCCCC1. The van der Waals surface area contributed by atoms with Crippen molar-refractivity contribution >= 4 is 0 Å². The highest BCUT2D eigenvalue weighted by Crippen LogP contribution is 2.27. The van der Waals surface area contributed by atoms with Gasteiger partial charge in [-0.1, -0.05) is 19.3 Å². The number of alkyl halides is 2. The molecule has 0 unspecified atom stereocenters. The summed E-state index contributed by atoms with van der Waals surface area (Å²) in [5.74, 6) is 0. The van der Waals surface area contributed by atoms with E-state index in [1.165, 1.54) is 25.3 Å². The molecule has 1 rings (SSSR count). The summed E-state index contributed by atoms with van der Waals surface area (Å²) in [7, 11) is 1.77. The lowest BCUT2D eigenvalue weighted by Crippen LogP contribution is -2.30. The molecule has 0 N–H and O–H groups in total. The van der Waals surface area contributed by atoms with Gasteiger partial charge in [0.2, 0.25) is 0 Å². The van der Waals surface area contributed by atoms with Gasteiger partial charge in [0.05, 0.1) is 6.54 Å². The Morgan fingerprint density at radius 2 is 1.83 bits per heavy atom. The quantitative estimate of drug-likeness (QED) is 0.639. The third-order valence-corrected chi connectivity index (χ3v) is 2.38. The summed E-state index contributed by atoms with van der Waals surface area (Å²) in [5, 5.41) is 0. The van der Waals surface area contributed by atoms with E-state index in [0.29, 0.717) is 0 Å². The summed E-state index contributed by atoms with van der Waals surface area (Å²) in [6, 6.07) is 1.21. The third-order valence-electron chi connectivity index (χ3n) is 2.38. The van der Waals surface area contributed by atoms with Crippen LogP contribution in [0.25, 0.3) is 0 Å². The number of hydrogen-bond acceptors (Lipinski definition) is 1. The van der Waals surface area contributed by atoms with E-state index in [4.69, 9.17) is 0 Å². The molecule has 1 nitrogen and oxygen atoms in total. The molecule has 0 bridgehead atoms. The zero-order valence-corrected chi connectivity index (χ0v) is 7.52. The first-order valence-electron chi connectivity index (χ1n) is 4.54. The Bertz CT molecular complexity index is 122. The predicted octanol–water partition coefficient (Wildman–Crippen LogP) is 2.68. The van der Waals surface area contributed by atoms with Gasteiger partial charge in [-0.05, 0) is 19.9 Å². The second-order valence-corrected chi connectivity index (χ2v) is 3.40. The van der Waals surface area contributed by atoms with Crippen molar-refractivity contribution in [2.45, 2.75) is 38.5 Å². The minimum Gasteiger partial charge on any atom is -0.293 e. The van der Waals surface area contributed by atoms with Gasteiger partial charge >= 0.3 is 0 Å². The lowest BCUT2D eigenvalue weighted by molar-refractivity contribution is 0.0963. The molecule has 0 aromatic heterocycles. The summed E-state index contributed by atoms with van der Waals surface area (Å²) in [6.45, 7) is -0.102. The average Bonchev–Trinajstić information content (AvgIpc) is 2.05. The Morgan fingerprint density at radius 1 is 1.25 bits per heavy atom. The Morgan fingerprint density at radius 3 is 2.33 bits per heavy atom. The number of rotatable bonds is 3.